The molecule has 0 radical (unpaired) electrons. The van der Waals surface area contributed by atoms with Gasteiger partial charge in [0, 0.05) is 24.7 Å². The van der Waals surface area contributed by atoms with Crippen LogP contribution in [0.4, 0.5) is 5.69 Å². The van der Waals surface area contributed by atoms with Crippen LogP contribution in [-0.4, -0.2) is 52.8 Å². The zero-order chi connectivity index (χ0) is 21.0. The summed E-state index contributed by atoms with van der Waals surface area (Å²) in [5, 5.41) is 2.91. The minimum Gasteiger partial charge on any atom is -0.493 e. The number of carbonyl (C=O) groups excluding carboxylic acids is 2. The van der Waals surface area contributed by atoms with E-state index >= 15 is 0 Å². The van der Waals surface area contributed by atoms with Crippen LogP contribution in [0.1, 0.15) is 16.8 Å². The highest BCUT2D eigenvalue weighted by Gasteiger charge is 2.33. The van der Waals surface area contributed by atoms with E-state index in [9.17, 15) is 9.59 Å². The number of nitrogens with one attached hydrogen (secondary N) is 1. The molecule has 8 heteroatoms. The van der Waals surface area contributed by atoms with Crippen molar-refractivity contribution in [1.82, 2.24) is 5.32 Å². The van der Waals surface area contributed by atoms with Gasteiger partial charge in [0.2, 0.25) is 5.91 Å². The van der Waals surface area contributed by atoms with Gasteiger partial charge in [-0.25, -0.2) is 0 Å². The monoisotopic (exact) mass is 400 g/mol. The smallest absolute Gasteiger partial charge is 0.255 e. The number of benzene rings is 2. The molecule has 1 fully saturated rings. The molecule has 0 aromatic heterocycles. The van der Waals surface area contributed by atoms with Crippen LogP contribution in [0.15, 0.2) is 36.4 Å². The summed E-state index contributed by atoms with van der Waals surface area (Å²) in [6.07, 6.45) is 0.201. The molecule has 3 rings (SSSR count). The minimum atomic E-state index is -0.334. The molecule has 2 aromatic rings. The van der Waals surface area contributed by atoms with E-state index in [2.05, 4.69) is 5.32 Å². The highest BCUT2D eigenvalue weighted by atomic mass is 16.5. The summed E-state index contributed by atoms with van der Waals surface area (Å²) < 4.78 is 21.1. The molecule has 1 heterocycles. The number of amides is 2. The molecular formula is C21H24N2O6. The number of methoxy groups -OCH3 is 4. The number of nitrogens with zero attached hydrogens (tertiary/aromatic N) is 1. The Balaban J connectivity index is 1.75. The van der Waals surface area contributed by atoms with E-state index in [0.29, 0.717) is 40.8 Å². The summed E-state index contributed by atoms with van der Waals surface area (Å²) in [6.45, 7) is 0.354. The molecule has 1 aliphatic rings. The Labute approximate surface area is 169 Å². The molecule has 0 unspecified atom stereocenters. The summed E-state index contributed by atoms with van der Waals surface area (Å²) >= 11 is 0. The molecule has 1 saturated heterocycles. The summed E-state index contributed by atoms with van der Waals surface area (Å²) in [5.41, 5.74) is 1.03. The van der Waals surface area contributed by atoms with Crippen LogP contribution in [0, 0.1) is 0 Å². The molecule has 2 amide bonds. The Morgan fingerprint density at radius 3 is 2.34 bits per heavy atom. The molecule has 29 heavy (non-hydrogen) atoms. The van der Waals surface area contributed by atoms with Crippen molar-refractivity contribution in [3.8, 4) is 23.0 Å². The number of ether oxygens (including phenoxy) is 4. The zero-order valence-electron chi connectivity index (χ0n) is 16.9. The molecule has 0 saturated carbocycles. The van der Waals surface area contributed by atoms with E-state index in [1.807, 2.05) is 0 Å². The lowest BCUT2D eigenvalue weighted by atomic mass is 10.1. The summed E-state index contributed by atoms with van der Waals surface area (Å²) in [5.74, 6) is 1.53. The van der Waals surface area contributed by atoms with Gasteiger partial charge in [-0.3, -0.25) is 9.59 Å². The second-order valence-electron chi connectivity index (χ2n) is 6.46. The lowest BCUT2D eigenvalue weighted by Gasteiger charge is -2.19. The van der Waals surface area contributed by atoms with Crippen LogP contribution in [0.5, 0.6) is 23.0 Å². The van der Waals surface area contributed by atoms with Crippen LogP contribution in [0.25, 0.3) is 0 Å². The van der Waals surface area contributed by atoms with E-state index in [4.69, 9.17) is 18.9 Å². The maximum absolute atomic E-state index is 12.8. The molecule has 0 bridgehead atoms. The third-order valence-electron chi connectivity index (χ3n) is 4.79. The Hall–Kier alpha value is -3.42. The molecule has 1 aliphatic heterocycles. The van der Waals surface area contributed by atoms with Crippen molar-refractivity contribution in [3.63, 3.8) is 0 Å². The predicted octanol–water partition coefficient (Wildman–Crippen LogP) is 2.26. The van der Waals surface area contributed by atoms with Crippen LogP contribution >= 0.6 is 0 Å². The van der Waals surface area contributed by atoms with E-state index in [1.165, 1.54) is 21.3 Å². The van der Waals surface area contributed by atoms with Crippen LogP contribution in [-0.2, 0) is 4.79 Å². The summed E-state index contributed by atoms with van der Waals surface area (Å²) in [4.78, 5) is 26.9. The first-order chi connectivity index (χ1) is 14.0. The molecule has 1 atom stereocenters. The average Bonchev–Trinajstić information content (AvgIpc) is 3.12. The molecule has 1 N–H and O–H groups in total. The van der Waals surface area contributed by atoms with Crippen molar-refractivity contribution < 1.29 is 28.5 Å². The van der Waals surface area contributed by atoms with Gasteiger partial charge in [-0.2, -0.15) is 0 Å². The van der Waals surface area contributed by atoms with Gasteiger partial charge in [0.25, 0.3) is 5.91 Å². The van der Waals surface area contributed by atoms with Crippen molar-refractivity contribution >= 4 is 17.5 Å². The Bertz CT molecular complexity index is 914. The SMILES string of the molecule is COc1ccc(N2C[C@@H](NC(=O)c3cccc(OC)c3OC)CC2=O)cc1OC. The zero-order valence-corrected chi connectivity index (χ0v) is 16.9. The number of hydrogen-bond acceptors (Lipinski definition) is 6. The van der Waals surface area contributed by atoms with E-state index < -0.39 is 0 Å². The molecular weight excluding hydrogens is 376 g/mol. The number of carbonyl (C=O) groups is 2. The quantitative estimate of drug-likeness (QED) is 0.767. The van der Waals surface area contributed by atoms with Crippen LogP contribution in [0.2, 0.25) is 0 Å². The lowest BCUT2D eigenvalue weighted by molar-refractivity contribution is -0.117. The van der Waals surface area contributed by atoms with Crippen molar-refractivity contribution in [1.29, 1.82) is 0 Å². The van der Waals surface area contributed by atoms with Gasteiger partial charge >= 0.3 is 0 Å². The Morgan fingerprint density at radius 1 is 0.966 bits per heavy atom. The largest absolute Gasteiger partial charge is 0.493 e. The molecule has 154 valence electrons. The third-order valence-corrected chi connectivity index (χ3v) is 4.79. The fourth-order valence-electron chi connectivity index (χ4n) is 3.38. The number of para-hydroxylation sites is 1. The summed E-state index contributed by atoms with van der Waals surface area (Å²) in [6, 6.07) is 10.0. The van der Waals surface area contributed by atoms with Gasteiger partial charge in [-0.1, -0.05) is 6.07 Å². The normalized spacial score (nSPS) is 15.8. The maximum Gasteiger partial charge on any atom is 0.255 e. The Morgan fingerprint density at radius 2 is 1.69 bits per heavy atom. The van der Waals surface area contributed by atoms with Crippen LogP contribution in [0.3, 0.4) is 0 Å². The summed E-state index contributed by atoms with van der Waals surface area (Å²) in [7, 11) is 6.08. The van der Waals surface area contributed by atoms with Crippen LogP contribution < -0.4 is 29.2 Å². The molecule has 8 nitrogen and oxygen atoms in total. The van der Waals surface area contributed by atoms with E-state index in [-0.39, 0.29) is 24.3 Å². The van der Waals surface area contributed by atoms with Gasteiger partial charge in [0.15, 0.2) is 23.0 Å². The van der Waals surface area contributed by atoms with Crippen molar-refractivity contribution in [2.75, 3.05) is 39.9 Å². The fraction of sp³-hybridized carbons (Fsp3) is 0.333. The second-order valence-corrected chi connectivity index (χ2v) is 6.46. The fourth-order valence-corrected chi connectivity index (χ4v) is 3.38. The van der Waals surface area contributed by atoms with Gasteiger partial charge in [0.05, 0.1) is 40.0 Å². The van der Waals surface area contributed by atoms with Crippen molar-refractivity contribution in [3.05, 3.63) is 42.0 Å². The number of anilines is 1. The van der Waals surface area contributed by atoms with Crippen molar-refractivity contribution in [2.45, 2.75) is 12.5 Å². The van der Waals surface area contributed by atoms with Gasteiger partial charge in [-0.05, 0) is 24.3 Å². The molecule has 0 aliphatic carbocycles. The highest BCUT2D eigenvalue weighted by molar-refractivity contribution is 6.00. The maximum atomic E-state index is 12.8. The molecule has 2 aromatic carbocycles. The molecule has 0 spiro atoms. The Kier molecular flexibility index (Phi) is 6.11. The minimum absolute atomic E-state index is 0.0832. The topological polar surface area (TPSA) is 86.3 Å². The lowest BCUT2D eigenvalue weighted by Crippen LogP contribution is -2.37. The van der Waals surface area contributed by atoms with Gasteiger partial charge in [-0.15, -0.1) is 0 Å². The third kappa shape index (κ3) is 4.06. The van der Waals surface area contributed by atoms with E-state index in [0.717, 1.165) is 0 Å². The standard InChI is InChI=1S/C21H24N2O6/c1-26-16-9-8-14(11-18(16)28-3)23-12-13(10-19(23)24)22-21(25)15-6-5-7-17(27-2)20(15)29-4/h5-9,11,13H,10,12H2,1-4H3,(H,22,25)/t13-/m0/s1. The first-order valence-electron chi connectivity index (χ1n) is 9.06. The van der Waals surface area contributed by atoms with Crippen molar-refractivity contribution in [2.24, 2.45) is 0 Å². The first kappa shape index (κ1) is 20.3. The number of rotatable bonds is 7. The average molecular weight is 400 g/mol. The van der Waals surface area contributed by atoms with Gasteiger partial charge < -0.3 is 29.2 Å². The first-order valence-corrected chi connectivity index (χ1v) is 9.06. The predicted molar refractivity (Wildman–Crippen MR) is 107 cm³/mol. The van der Waals surface area contributed by atoms with Gasteiger partial charge in [0.1, 0.15) is 0 Å². The number of hydrogen-bond donors (Lipinski definition) is 1. The highest BCUT2D eigenvalue weighted by Crippen LogP contribution is 2.34. The second kappa shape index (κ2) is 8.72. The van der Waals surface area contributed by atoms with E-state index in [1.54, 1.807) is 48.4 Å².